The highest BCUT2D eigenvalue weighted by atomic mass is 16.5. The van der Waals surface area contributed by atoms with Crippen molar-refractivity contribution in [2.75, 3.05) is 46.4 Å². The van der Waals surface area contributed by atoms with E-state index in [-0.39, 0.29) is 51.1 Å². The Labute approximate surface area is 392 Å². The van der Waals surface area contributed by atoms with Gasteiger partial charge in [-0.3, -0.25) is 52.7 Å². The third kappa shape index (κ3) is 20.6. The van der Waals surface area contributed by atoms with Crippen LogP contribution in [0.1, 0.15) is 85.0 Å². The van der Waals surface area contributed by atoms with Gasteiger partial charge in [0.05, 0.1) is 45.3 Å². The molecule has 27 heteroatoms. The van der Waals surface area contributed by atoms with Gasteiger partial charge in [0, 0.05) is 19.5 Å². The van der Waals surface area contributed by atoms with Gasteiger partial charge in [0.15, 0.2) is 0 Å². The summed E-state index contributed by atoms with van der Waals surface area (Å²) in [7, 11) is 1.02. The van der Waals surface area contributed by atoms with Crippen LogP contribution in [-0.4, -0.2) is 181 Å². The zero-order valence-electron chi connectivity index (χ0n) is 38.8. The number of aliphatic hydroxyl groups excluding tert-OH is 1. The lowest BCUT2D eigenvalue weighted by molar-refractivity contribution is -0.144. The SMILES string of the molecule is COC(=O)C[C@H](NC(=O)[C@H](CCC(N)=O)NC(=O)CNC(=O)[C@@H]1C[C@@H](O)CN1)C(=O)NCC(=O)N[C@@H](CC(C)C)C(=O)N[C@@H](C)C(=O)NCC(=O)N1CCC[C@H]1C(=O)N[C@@H](CCCCN)C(=O)O. The van der Waals surface area contributed by atoms with Gasteiger partial charge in [0.25, 0.3) is 0 Å². The summed E-state index contributed by atoms with van der Waals surface area (Å²) in [6.45, 7) is 3.64. The molecule has 2 fully saturated rings. The summed E-state index contributed by atoms with van der Waals surface area (Å²) in [6, 6.07) is -8.53. The molecule has 382 valence electrons. The van der Waals surface area contributed by atoms with Crippen LogP contribution in [0.3, 0.4) is 0 Å². The van der Waals surface area contributed by atoms with Crippen LogP contribution in [0.4, 0.5) is 0 Å². The molecule has 0 aromatic heterocycles. The number of β-amino-alcohol motifs (C(OH)–C–C–N with tert-alkyl or cyclic N) is 1. The van der Waals surface area contributed by atoms with Crippen molar-refractivity contribution < 1.29 is 72.5 Å². The maximum Gasteiger partial charge on any atom is 0.326 e. The molecule has 2 aliphatic heterocycles. The first-order chi connectivity index (χ1) is 32.1. The van der Waals surface area contributed by atoms with E-state index in [1.807, 2.05) is 0 Å². The highest BCUT2D eigenvalue weighted by molar-refractivity contribution is 5.98. The summed E-state index contributed by atoms with van der Waals surface area (Å²) in [4.78, 5) is 154. The molecule has 2 heterocycles. The van der Waals surface area contributed by atoms with Crippen molar-refractivity contribution >= 4 is 71.0 Å². The fourth-order valence-corrected chi connectivity index (χ4v) is 7.13. The second-order valence-corrected chi connectivity index (χ2v) is 16.9. The molecule has 0 aromatic rings. The van der Waals surface area contributed by atoms with Gasteiger partial charge in [-0.1, -0.05) is 13.8 Å². The number of rotatable bonds is 29. The number of primary amides is 1. The molecule has 0 saturated carbocycles. The summed E-state index contributed by atoms with van der Waals surface area (Å²) in [6.07, 6.45) is -0.107. The standard InChI is InChI=1S/C41H68N12O15/c1-21(2)14-27(39(64)48-22(3)35(60)47-20-33(58)53-13-7-9-29(53)40(65)51-25(41(66)67)8-5-6-12-42)50-32(57)19-46-37(62)28(16-34(59)68-4)52-38(63)24(10-11-30(43)55)49-31(56)18-45-36(61)26-15-23(54)17-44-26/h21-29,44,54H,5-20,42H2,1-4H3,(H2,43,55)(H,45,61)(H,46,62)(H,47,60)(H,48,64)(H,49,56)(H,50,57)(H,51,65)(H,52,63)(H,66,67)/t22-,23+,24-,25-,26-,27-,28-,29-/m0/s1. The Hall–Kier alpha value is -6.48. The van der Waals surface area contributed by atoms with Crippen molar-refractivity contribution in [3.05, 3.63) is 0 Å². The number of nitrogens with two attached hydrogens (primary N) is 2. The van der Waals surface area contributed by atoms with Gasteiger partial charge in [0.1, 0.15) is 36.3 Å². The van der Waals surface area contributed by atoms with Crippen LogP contribution < -0.4 is 59.3 Å². The molecule has 27 nitrogen and oxygen atoms in total. The average molecular weight is 969 g/mol. The fraction of sp³-hybridized carbons (Fsp3) is 0.707. The number of hydrogen-bond donors (Lipinski definition) is 13. The zero-order valence-corrected chi connectivity index (χ0v) is 38.8. The lowest BCUT2D eigenvalue weighted by Crippen LogP contribution is -2.57. The minimum absolute atomic E-state index is 0.0657. The predicted molar refractivity (Wildman–Crippen MR) is 237 cm³/mol. The van der Waals surface area contributed by atoms with Crippen molar-refractivity contribution in [1.82, 2.24) is 52.8 Å². The van der Waals surface area contributed by atoms with Crippen LogP contribution in [0.25, 0.3) is 0 Å². The minimum atomic E-state index is -1.69. The molecule has 2 saturated heterocycles. The van der Waals surface area contributed by atoms with E-state index in [1.54, 1.807) is 13.8 Å². The number of aliphatic carboxylic acids is 1. The maximum absolute atomic E-state index is 13.4. The molecular formula is C41H68N12O15. The first-order valence-electron chi connectivity index (χ1n) is 22.4. The number of likely N-dealkylation sites (tertiary alicyclic amines) is 1. The number of aliphatic hydroxyl groups is 1. The van der Waals surface area contributed by atoms with E-state index in [0.29, 0.717) is 25.8 Å². The zero-order chi connectivity index (χ0) is 51.1. The van der Waals surface area contributed by atoms with Gasteiger partial charge in [-0.25, -0.2) is 4.79 Å². The van der Waals surface area contributed by atoms with Crippen molar-refractivity contribution in [2.24, 2.45) is 17.4 Å². The number of methoxy groups -OCH3 is 1. The second kappa shape index (κ2) is 29.3. The number of carboxylic acids is 1. The van der Waals surface area contributed by atoms with Crippen LogP contribution in [0.5, 0.6) is 0 Å². The quantitative estimate of drug-likeness (QED) is 0.0245. The Morgan fingerprint density at radius 1 is 0.735 bits per heavy atom. The molecule has 0 aliphatic carbocycles. The van der Waals surface area contributed by atoms with E-state index in [1.165, 1.54) is 11.8 Å². The monoisotopic (exact) mass is 968 g/mol. The van der Waals surface area contributed by atoms with E-state index in [2.05, 4.69) is 52.6 Å². The Morgan fingerprint density at radius 3 is 1.96 bits per heavy atom. The van der Waals surface area contributed by atoms with E-state index >= 15 is 0 Å². The van der Waals surface area contributed by atoms with E-state index in [9.17, 15) is 67.7 Å². The molecule has 10 amide bonds. The number of carbonyl (C=O) groups is 12. The van der Waals surface area contributed by atoms with Crippen LogP contribution in [-0.2, 0) is 62.3 Å². The highest BCUT2D eigenvalue weighted by Crippen LogP contribution is 2.18. The molecular weight excluding hydrogens is 901 g/mol. The van der Waals surface area contributed by atoms with E-state index < -0.39 is 152 Å². The molecule has 2 aliphatic rings. The van der Waals surface area contributed by atoms with Gasteiger partial charge in [-0.05, 0) is 70.8 Å². The molecule has 0 spiro atoms. The lowest BCUT2D eigenvalue weighted by atomic mass is 10.0. The van der Waals surface area contributed by atoms with Gasteiger partial charge >= 0.3 is 11.9 Å². The molecule has 2 rings (SSSR count). The summed E-state index contributed by atoms with van der Waals surface area (Å²) >= 11 is 0. The first kappa shape index (κ1) is 57.6. The fourth-order valence-electron chi connectivity index (χ4n) is 7.13. The molecule has 8 atom stereocenters. The number of carbonyl (C=O) groups excluding carboxylic acids is 11. The number of carboxylic acid groups (broad SMARTS) is 1. The van der Waals surface area contributed by atoms with Crippen molar-refractivity contribution in [3.63, 3.8) is 0 Å². The van der Waals surface area contributed by atoms with Crippen molar-refractivity contribution in [1.29, 1.82) is 0 Å². The topological polar surface area (TPSA) is 418 Å². The Kier molecular flexibility index (Phi) is 24.9. The summed E-state index contributed by atoms with van der Waals surface area (Å²) in [5.41, 5.74) is 10.7. The predicted octanol–water partition coefficient (Wildman–Crippen LogP) is -6.42. The number of nitrogens with zero attached hydrogens (tertiary/aromatic N) is 1. The minimum Gasteiger partial charge on any atom is -0.480 e. The molecule has 68 heavy (non-hydrogen) atoms. The number of amides is 10. The lowest BCUT2D eigenvalue weighted by Gasteiger charge is -2.26. The van der Waals surface area contributed by atoms with Crippen molar-refractivity contribution in [2.45, 2.75) is 133 Å². The van der Waals surface area contributed by atoms with Gasteiger partial charge in [-0.15, -0.1) is 0 Å². The van der Waals surface area contributed by atoms with E-state index in [4.69, 9.17) is 11.5 Å². The number of hydrogen-bond acceptors (Lipinski definition) is 16. The number of nitrogens with one attached hydrogen (secondary N) is 9. The number of unbranched alkanes of at least 4 members (excludes halogenated alkanes) is 1. The smallest absolute Gasteiger partial charge is 0.326 e. The maximum atomic E-state index is 13.4. The molecule has 15 N–H and O–H groups in total. The van der Waals surface area contributed by atoms with Crippen LogP contribution in [0.2, 0.25) is 0 Å². The normalized spacial score (nSPS) is 18.6. The summed E-state index contributed by atoms with van der Waals surface area (Å²) in [5.74, 6) is -10.5. The second-order valence-electron chi connectivity index (χ2n) is 16.9. The first-order valence-corrected chi connectivity index (χ1v) is 22.4. The summed E-state index contributed by atoms with van der Waals surface area (Å²) in [5, 5.41) is 41.0. The number of esters is 1. The molecule has 0 unspecified atom stereocenters. The number of ether oxygens (including phenoxy) is 1. The average Bonchev–Trinajstić information content (AvgIpc) is 3.96. The van der Waals surface area contributed by atoms with E-state index in [0.717, 1.165) is 7.11 Å². The molecule has 0 radical (unpaired) electrons. The van der Waals surface area contributed by atoms with Gasteiger partial charge in [-0.2, -0.15) is 0 Å². The molecule has 0 aromatic carbocycles. The highest BCUT2D eigenvalue weighted by Gasteiger charge is 2.37. The largest absolute Gasteiger partial charge is 0.480 e. The third-order valence-electron chi connectivity index (χ3n) is 10.8. The van der Waals surface area contributed by atoms with Crippen LogP contribution in [0.15, 0.2) is 0 Å². The van der Waals surface area contributed by atoms with Crippen molar-refractivity contribution in [3.8, 4) is 0 Å². The van der Waals surface area contributed by atoms with Gasteiger partial charge in [0.2, 0.25) is 59.1 Å². The Balaban J connectivity index is 2.00. The van der Waals surface area contributed by atoms with Crippen LogP contribution >= 0.6 is 0 Å². The van der Waals surface area contributed by atoms with Gasteiger partial charge < -0.3 is 79.2 Å². The summed E-state index contributed by atoms with van der Waals surface area (Å²) < 4.78 is 4.64. The Morgan fingerprint density at radius 2 is 1.37 bits per heavy atom. The third-order valence-corrected chi connectivity index (χ3v) is 10.8. The Bertz CT molecular complexity index is 1830. The molecule has 0 bridgehead atoms. The van der Waals surface area contributed by atoms with Crippen LogP contribution in [0, 0.1) is 5.92 Å².